The molecule has 1 fully saturated rings. The second-order valence-electron chi connectivity index (χ2n) is 20.1. The Labute approximate surface area is 407 Å². The zero-order valence-electron chi connectivity index (χ0n) is 43.2. The molecule has 0 radical (unpaired) electrons. The lowest BCUT2D eigenvalue weighted by Gasteiger charge is -2.40. The van der Waals surface area contributed by atoms with E-state index in [-0.39, 0.29) is 12.5 Å². The minimum Gasteiger partial charge on any atom is -0.394 e. The molecule has 0 aromatic rings. The highest BCUT2D eigenvalue weighted by Crippen LogP contribution is 2.23. The van der Waals surface area contributed by atoms with Gasteiger partial charge in [0.15, 0.2) is 6.29 Å². The average Bonchev–Trinajstić information content (AvgIpc) is 3.32. The minimum atomic E-state index is -1.56. The molecule has 1 aliphatic rings. The van der Waals surface area contributed by atoms with Crippen LogP contribution in [0.25, 0.3) is 0 Å². The van der Waals surface area contributed by atoms with E-state index in [9.17, 15) is 30.3 Å². The summed E-state index contributed by atoms with van der Waals surface area (Å²) in [6.45, 7) is 3.84. The quantitative estimate of drug-likeness (QED) is 0.0261. The van der Waals surface area contributed by atoms with Crippen molar-refractivity contribution in [3.8, 4) is 0 Å². The van der Waals surface area contributed by atoms with Crippen molar-refractivity contribution in [3.05, 3.63) is 24.3 Å². The lowest BCUT2D eigenvalue weighted by Crippen LogP contribution is -2.60. The topological polar surface area (TPSA) is 149 Å². The highest BCUT2D eigenvalue weighted by Gasteiger charge is 2.44. The van der Waals surface area contributed by atoms with E-state index in [0.29, 0.717) is 12.8 Å². The standard InChI is InChI=1S/C57H109NO8/c1-3-5-7-9-11-13-15-17-19-21-22-23-24-25-26-27-28-29-30-31-32-34-36-38-40-42-44-46-51(60)50(49-65-57-56(64)55(63)54(62)52(48-59)66-57)58-53(61)47-45-43-41-39-37-35-33-20-18-16-14-12-10-8-6-4-2/h14,16,20,33,50-52,54-57,59-60,62-64H,3-13,15,17-19,21-32,34-49H2,1-2H3,(H,58,61)/b16-14-,33-20-. The summed E-state index contributed by atoms with van der Waals surface area (Å²) in [6.07, 6.45) is 52.1. The van der Waals surface area contributed by atoms with Gasteiger partial charge < -0.3 is 40.3 Å². The van der Waals surface area contributed by atoms with Gasteiger partial charge in [0.05, 0.1) is 25.4 Å². The molecule has 66 heavy (non-hydrogen) atoms. The Hall–Kier alpha value is -1.33. The number of amides is 1. The van der Waals surface area contributed by atoms with Crippen LogP contribution in [0.2, 0.25) is 0 Å². The molecule has 9 nitrogen and oxygen atoms in total. The highest BCUT2D eigenvalue weighted by molar-refractivity contribution is 5.76. The van der Waals surface area contributed by atoms with Gasteiger partial charge in [0, 0.05) is 6.42 Å². The van der Waals surface area contributed by atoms with Crippen molar-refractivity contribution in [1.29, 1.82) is 0 Å². The first-order valence-corrected chi connectivity index (χ1v) is 28.5. The monoisotopic (exact) mass is 936 g/mol. The van der Waals surface area contributed by atoms with Crippen molar-refractivity contribution < 1.29 is 39.8 Å². The van der Waals surface area contributed by atoms with Crippen LogP contribution in [0.5, 0.6) is 0 Å². The highest BCUT2D eigenvalue weighted by atomic mass is 16.7. The maximum absolute atomic E-state index is 13.0. The summed E-state index contributed by atoms with van der Waals surface area (Å²) in [5, 5.41) is 54.6. The molecule has 0 aromatic heterocycles. The number of rotatable bonds is 49. The molecule has 7 unspecified atom stereocenters. The molecule has 6 N–H and O–H groups in total. The van der Waals surface area contributed by atoms with Crippen LogP contribution in [-0.4, -0.2) is 87.5 Å². The third kappa shape index (κ3) is 36.6. The number of carbonyl (C=O) groups is 1. The summed E-state index contributed by atoms with van der Waals surface area (Å²) in [5.74, 6) is -0.155. The number of aliphatic hydroxyl groups is 5. The summed E-state index contributed by atoms with van der Waals surface area (Å²) in [5.41, 5.74) is 0. The van der Waals surface area contributed by atoms with Gasteiger partial charge in [-0.3, -0.25) is 4.79 Å². The molecule has 1 rings (SSSR count). The Morgan fingerprint density at radius 2 is 0.894 bits per heavy atom. The molecule has 1 heterocycles. The SMILES string of the molecule is CCCCCC/C=C\C/C=C\CCCCCCCC(=O)NC(COC1OC(CO)C(O)C(O)C1O)C(O)CCCCCCCCCCCCCCCCCCCCCCCCCCCCC. The fourth-order valence-corrected chi connectivity index (χ4v) is 9.25. The number of unbranched alkanes of at least 4 members (excludes halogenated alkanes) is 35. The molecule has 0 aromatic carbocycles. The second kappa shape index (κ2) is 47.4. The molecular weight excluding hydrogens is 827 g/mol. The number of hydrogen-bond acceptors (Lipinski definition) is 8. The van der Waals surface area contributed by atoms with E-state index < -0.39 is 49.5 Å². The first-order valence-electron chi connectivity index (χ1n) is 28.5. The fraction of sp³-hybridized carbons (Fsp3) is 0.912. The maximum Gasteiger partial charge on any atom is 0.220 e. The number of allylic oxidation sites excluding steroid dienone is 4. The smallest absolute Gasteiger partial charge is 0.220 e. The molecule has 1 aliphatic heterocycles. The van der Waals surface area contributed by atoms with Crippen molar-refractivity contribution in [2.45, 2.75) is 320 Å². The molecule has 0 saturated carbocycles. The van der Waals surface area contributed by atoms with Crippen molar-refractivity contribution in [2.75, 3.05) is 13.2 Å². The molecule has 1 amide bonds. The van der Waals surface area contributed by atoms with E-state index in [0.717, 1.165) is 64.2 Å². The van der Waals surface area contributed by atoms with E-state index in [1.807, 2.05) is 0 Å². The Morgan fingerprint density at radius 1 is 0.515 bits per heavy atom. The molecular formula is C57H109NO8. The van der Waals surface area contributed by atoms with Gasteiger partial charge in [-0.05, 0) is 44.9 Å². The van der Waals surface area contributed by atoms with E-state index >= 15 is 0 Å². The summed E-state index contributed by atoms with van der Waals surface area (Å²) in [7, 11) is 0. The molecule has 0 bridgehead atoms. The van der Waals surface area contributed by atoms with E-state index in [4.69, 9.17) is 9.47 Å². The van der Waals surface area contributed by atoms with Crippen molar-refractivity contribution in [1.82, 2.24) is 5.32 Å². The Bertz CT molecular complexity index is 1090. The lowest BCUT2D eigenvalue weighted by molar-refractivity contribution is -0.302. The van der Waals surface area contributed by atoms with E-state index in [1.165, 1.54) is 186 Å². The lowest BCUT2D eigenvalue weighted by atomic mass is 9.99. The van der Waals surface area contributed by atoms with Crippen molar-refractivity contribution in [2.24, 2.45) is 0 Å². The van der Waals surface area contributed by atoms with E-state index in [2.05, 4.69) is 43.5 Å². The van der Waals surface area contributed by atoms with Gasteiger partial charge in [-0.2, -0.15) is 0 Å². The third-order valence-electron chi connectivity index (χ3n) is 13.8. The normalized spacial score (nSPS) is 19.9. The van der Waals surface area contributed by atoms with Crippen molar-refractivity contribution in [3.63, 3.8) is 0 Å². The van der Waals surface area contributed by atoms with Crippen LogP contribution in [0.15, 0.2) is 24.3 Å². The van der Waals surface area contributed by atoms with Crippen molar-refractivity contribution >= 4 is 5.91 Å². The molecule has 1 saturated heterocycles. The number of nitrogens with one attached hydrogen (secondary N) is 1. The predicted molar refractivity (Wildman–Crippen MR) is 277 cm³/mol. The van der Waals surface area contributed by atoms with Gasteiger partial charge in [0.25, 0.3) is 0 Å². The third-order valence-corrected chi connectivity index (χ3v) is 13.8. The van der Waals surface area contributed by atoms with Gasteiger partial charge in [0.2, 0.25) is 5.91 Å². The minimum absolute atomic E-state index is 0.141. The predicted octanol–water partition coefficient (Wildman–Crippen LogP) is 13.8. The number of ether oxygens (including phenoxy) is 2. The van der Waals surface area contributed by atoms with E-state index in [1.54, 1.807) is 0 Å². The zero-order chi connectivity index (χ0) is 48.0. The summed E-state index contributed by atoms with van der Waals surface area (Å²) < 4.78 is 11.3. The number of hydrogen-bond donors (Lipinski definition) is 6. The molecule has 390 valence electrons. The molecule has 7 atom stereocenters. The Balaban J connectivity index is 2.18. The Morgan fingerprint density at radius 3 is 1.32 bits per heavy atom. The molecule has 0 aliphatic carbocycles. The van der Waals surface area contributed by atoms with Gasteiger partial charge >= 0.3 is 0 Å². The average molecular weight is 936 g/mol. The van der Waals surface area contributed by atoms with Crippen LogP contribution in [0.4, 0.5) is 0 Å². The first kappa shape index (κ1) is 62.7. The Kier molecular flexibility index (Phi) is 45.0. The van der Waals surface area contributed by atoms with Crippen LogP contribution in [0.1, 0.15) is 277 Å². The van der Waals surface area contributed by atoms with Gasteiger partial charge in [0.1, 0.15) is 24.4 Å². The van der Waals surface area contributed by atoms with Crippen LogP contribution in [0.3, 0.4) is 0 Å². The summed E-state index contributed by atoms with van der Waals surface area (Å²) in [6, 6.07) is -0.725. The fourth-order valence-electron chi connectivity index (χ4n) is 9.25. The van der Waals surface area contributed by atoms with Gasteiger partial charge in [-0.15, -0.1) is 0 Å². The maximum atomic E-state index is 13.0. The van der Waals surface area contributed by atoms with Crippen LogP contribution in [-0.2, 0) is 14.3 Å². The molecule has 0 spiro atoms. The number of aliphatic hydroxyl groups excluding tert-OH is 5. The second-order valence-corrected chi connectivity index (χ2v) is 20.1. The van der Waals surface area contributed by atoms with Crippen LogP contribution in [0, 0.1) is 0 Å². The summed E-state index contributed by atoms with van der Waals surface area (Å²) >= 11 is 0. The van der Waals surface area contributed by atoms with Crippen LogP contribution < -0.4 is 5.32 Å². The number of carbonyl (C=O) groups excluding carboxylic acids is 1. The zero-order valence-corrected chi connectivity index (χ0v) is 43.2. The van der Waals surface area contributed by atoms with Gasteiger partial charge in [-0.1, -0.05) is 250 Å². The first-order chi connectivity index (χ1) is 32.3. The van der Waals surface area contributed by atoms with Crippen LogP contribution >= 0.6 is 0 Å². The van der Waals surface area contributed by atoms with Gasteiger partial charge in [-0.25, -0.2) is 0 Å². The molecule has 9 heteroatoms. The summed E-state index contributed by atoms with van der Waals surface area (Å²) in [4.78, 5) is 13.0. The largest absolute Gasteiger partial charge is 0.394 e.